The Kier molecular flexibility index (Phi) is 7.45. The van der Waals surface area contributed by atoms with Crippen molar-refractivity contribution in [1.29, 1.82) is 0 Å². The molecule has 2 atom stereocenters. The van der Waals surface area contributed by atoms with Crippen LogP contribution in [0.5, 0.6) is 0 Å². The van der Waals surface area contributed by atoms with Crippen LogP contribution < -0.4 is 10.6 Å². The summed E-state index contributed by atoms with van der Waals surface area (Å²) >= 11 is 0. The highest BCUT2D eigenvalue weighted by atomic mass is 32.2. The number of nitrogens with one attached hydrogen (secondary N) is 2. The maximum atomic E-state index is 11.6. The Bertz CT molecular complexity index is 493. The summed E-state index contributed by atoms with van der Waals surface area (Å²) in [6, 6.07) is 8.34. The van der Waals surface area contributed by atoms with E-state index < -0.39 is 28.7 Å². The van der Waals surface area contributed by atoms with Crippen LogP contribution in [0.4, 0.5) is 4.79 Å². The van der Waals surface area contributed by atoms with Crippen molar-refractivity contribution in [2.24, 2.45) is 0 Å². The number of carboxylic acids is 1. The first-order chi connectivity index (χ1) is 10.0. The van der Waals surface area contributed by atoms with Crippen LogP contribution in [0.25, 0.3) is 0 Å². The third-order valence-electron chi connectivity index (χ3n) is 2.86. The molecule has 0 aromatic heterocycles. The fraction of sp³-hybridized carbons (Fsp3) is 0.429. The number of carbonyl (C=O) groups excluding carboxylic acids is 1. The molecule has 116 valence electrons. The Morgan fingerprint density at radius 1 is 1.24 bits per heavy atom. The molecule has 0 bridgehead atoms. The highest BCUT2D eigenvalue weighted by molar-refractivity contribution is 7.84. The summed E-state index contributed by atoms with van der Waals surface area (Å²) in [4.78, 5) is 22.8. The van der Waals surface area contributed by atoms with Gasteiger partial charge in [0.25, 0.3) is 0 Å². The third-order valence-corrected chi connectivity index (χ3v) is 3.72. The van der Waals surface area contributed by atoms with E-state index in [2.05, 4.69) is 10.6 Å². The van der Waals surface area contributed by atoms with Crippen LogP contribution in [0.1, 0.15) is 17.9 Å². The fourth-order valence-corrected chi connectivity index (χ4v) is 2.32. The third kappa shape index (κ3) is 6.89. The molecule has 21 heavy (non-hydrogen) atoms. The predicted molar refractivity (Wildman–Crippen MR) is 81.8 cm³/mol. The zero-order valence-electron chi connectivity index (χ0n) is 11.9. The van der Waals surface area contributed by atoms with Gasteiger partial charge in [-0.2, -0.15) is 0 Å². The van der Waals surface area contributed by atoms with Gasteiger partial charge in [-0.05, 0) is 12.0 Å². The maximum Gasteiger partial charge on any atom is 0.314 e. The molecule has 1 aromatic carbocycles. The van der Waals surface area contributed by atoms with Gasteiger partial charge in [-0.25, -0.2) is 4.79 Å². The van der Waals surface area contributed by atoms with E-state index in [0.717, 1.165) is 0 Å². The molecule has 1 aromatic rings. The van der Waals surface area contributed by atoms with Crippen molar-refractivity contribution in [2.75, 3.05) is 25.1 Å². The van der Waals surface area contributed by atoms with Crippen molar-refractivity contribution in [2.45, 2.75) is 12.3 Å². The number of benzene rings is 1. The van der Waals surface area contributed by atoms with Gasteiger partial charge < -0.3 is 15.7 Å². The van der Waals surface area contributed by atoms with E-state index in [-0.39, 0.29) is 6.54 Å². The molecular weight excluding hydrogens is 292 g/mol. The van der Waals surface area contributed by atoms with Crippen LogP contribution in [0.3, 0.4) is 0 Å². The number of hydrogen-bond acceptors (Lipinski definition) is 3. The number of carboxylic acid groups (broad SMARTS) is 1. The summed E-state index contributed by atoms with van der Waals surface area (Å²) in [7, 11) is -0.872. The average molecular weight is 312 g/mol. The largest absolute Gasteiger partial charge is 0.481 e. The summed E-state index contributed by atoms with van der Waals surface area (Å²) in [5, 5.41) is 14.4. The van der Waals surface area contributed by atoms with Crippen LogP contribution in [-0.4, -0.2) is 46.4 Å². The second kappa shape index (κ2) is 9.12. The standard InChI is InChI=1S/C14H20N2O4S/c1-21(20)9-5-8-15-14(19)16-10-12(13(17)18)11-6-3-2-4-7-11/h2-4,6-7,12H,5,8-10H2,1H3,(H,17,18)(H2,15,16,19). The van der Waals surface area contributed by atoms with Crippen molar-refractivity contribution in [3.05, 3.63) is 35.9 Å². The van der Waals surface area contributed by atoms with E-state index in [4.69, 9.17) is 0 Å². The second-order valence-corrected chi connectivity index (χ2v) is 6.12. The molecule has 2 unspecified atom stereocenters. The van der Waals surface area contributed by atoms with E-state index in [1.807, 2.05) is 0 Å². The van der Waals surface area contributed by atoms with Gasteiger partial charge in [-0.1, -0.05) is 30.3 Å². The lowest BCUT2D eigenvalue weighted by atomic mass is 9.99. The zero-order valence-corrected chi connectivity index (χ0v) is 12.7. The lowest BCUT2D eigenvalue weighted by Gasteiger charge is -2.14. The van der Waals surface area contributed by atoms with Gasteiger partial charge in [0, 0.05) is 35.9 Å². The number of amides is 2. The number of carbonyl (C=O) groups is 2. The van der Waals surface area contributed by atoms with E-state index in [0.29, 0.717) is 24.3 Å². The van der Waals surface area contributed by atoms with Gasteiger partial charge in [-0.3, -0.25) is 9.00 Å². The fourth-order valence-electron chi connectivity index (χ4n) is 1.77. The molecule has 1 rings (SSSR count). The number of aliphatic carboxylic acids is 1. The van der Waals surface area contributed by atoms with Crippen LogP contribution >= 0.6 is 0 Å². The minimum atomic E-state index is -0.983. The molecule has 6 nitrogen and oxygen atoms in total. The van der Waals surface area contributed by atoms with Crippen molar-refractivity contribution in [3.63, 3.8) is 0 Å². The van der Waals surface area contributed by atoms with Crippen molar-refractivity contribution < 1.29 is 18.9 Å². The molecule has 7 heteroatoms. The highest BCUT2D eigenvalue weighted by Gasteiger charge is 2.20. The summed E-state index contributed by atoms with van der Waals surface area (Å²) in [5.74, 6) is -1.23. The van der Waals surface area contributed by atoms with Crippen LogP contribution in [0.15, 0.2) is 30.3 Å². The minimum Gasteiger partial charge on any atom is -0.481 e. The van der Waals surface area contributed by atoms with Crippen molar-refractivity contribution in [3.8, 4) is 0 Å². The first kappa shape index (κ1) is 17.2. The van der Waals surface area contributed by atoms with E-state index >= 15 is 0 Å². The van der Waals surface area contributed by atoms with Gasteiger partial charge >= 0.3 is 12.0 Å². The quantitative estimate of drug-likeness (QED) is 0.622. The molecule has 2 amide bonds. The molecule has 0 aliphatic heterocycles. The van der Waals surface area contributed by atoms with Gasteiger partial charge in [-0.15, -0.1) is 0 Å². The minimum absolute atomic E-state index is 0.0187. The van der Waals surface area contributed by atoms with Crippen LogP contribution in [0.2, 0.25) is 0 Å². The predicted octanol–water partition coefficient (Wildman–Crippen LogP) is 0.923. The lowest BCUT2D eigenvalue weighted by Crippen LogP contribution is -2.39. The summed E-state index contributed by atoms with van der Waals surface area (Å²) in [6.07, 6.45) is 2.23. The van der Waals surface area contributed by atoms with E-state index in [1.165, 1.54) is 0 Å². The molecule has 0 radical (unpaired) electrons. The van der Waals surface area contributed by atoms with Gasteiger partial charge in [0.05, 0.1) is 5.92 Å². The average Bonchev–Trinajstić information content (AvgIpc) is 2.44. The first-order valence-corrected chi connectivity index (χ1v) is 8.33. The maximum absolute atomic E-state index is 11.6. The van der Waals surface area contributed by atoms with Crippen molar-refractivity contribution >= 4 is 22.8 Å². The normalized spacial score (nSPS) is 13.2. The lowest BCUT2D eigenvalue weighted by molar-refractivity contribution is -0.138. The van der Waals surface area contributed by atoms with E-state index in [9.17, 15) is 18.9 Å². The Morgan fingerprint density at radius 2 is 1.90 bits per heavy atom. The molecule has 0 saturated carbocycles. The monoisotopic (exact) mass is 312 g/mol. The molecule has 0 aliphatic carbocycles. The Balaban J connectivity index is 2.38. The van der Waals surface area contributed by atoms with Gasteiger partial charge in [0.1, 0.15) is 0 Å². The summed E-state index contributed by atoms with van der Waals surface area (Å²) < 4.78 is 10.9. The highest BCUT2D eigenvalue weighted by Crippen LogP contribution is 2.14. The Hall–Kier alpha value is -1.89. The SMILES string of the molecule is CS(=O)CCCNC(=O)NCC(C(=O)O)c1ccccc1. The Labute approximate surface area is 126 Å². The van der Waals surface area contributed by atoms with Crippen molar-refractivity contribution in [1.82, 2.24) is 10.6 Å². The molecule has 0 spiro atoms. The molecule has 3 N–H and O–H groups in total. The van der Waals surface area contributed by atoms with E-state index in [1.54, 1.807) is 36.6 Å². The summed E-state index contributed by atoms with van der Waals surface area (Å²) in [6.45, 7) is 0.430. The number of rotatable bonds is 8. The van der Waals surface area contributed by atoms with Crippen LogP contribution in [0, 0.1) is 0 Å². The zero-order chi connectivity index (χ0) is 15.7. The van der Waals surface area contributed by atoms with Crippen LogP contribution in [-0.2, 0) is 15.6 Å². The topological polar surface area (TPSA) is 95.5 Å². The first-order valence-electron chi connectivity index (χ1n) is 6.60. The molecule has 0 aliphatic rings. The molecule has 0 fully saturated rings. The van der Waals surface area contributed by atoms with Gasteiger partial charge in [0.2, 0.25) is 0 Å². The molecule has 0 heterocycles. The summed E-state index contributed by atoms with van der Waals surface area (Å²) in [5.41, 5.74) is 0.645. The smallest absolute Gasteiger partial charge is 0.314 e. The number of urea groups is 1. The van der Waals surface area contributed by atoms with Gasteiger partial charge in [0.15, 0.2) is 0 Å². The second-order valence-electron chi connectivity index (χ2n) is 4.57. The number of hydrogen-bond donors (Lipinski definition) is 3. The molecule has 0 saturated heterocycles. The molecular formula is C14H20N2O4S. The Morgan fingerprint density at radius 3 is 2.48 bits per heavy atom.